The van der Waals surface area contributed by atoms with Gasteiger partial charge in [0.25, 0.3) is 0 Å². The van der Waals surface area contributed by atoms with Gasteiger partial charge in [-0.3, -0.25) is 10.1 Å². The maximum absolute atomic E-state index is 14.0. The van der Waals surface area contributed by atoms with Crippen molar-refractivity contribution in [2.75, 3.05) is 25.7 Å². The quantitative estimate of drug-likeness (QED) is 0.602. The summed E-state index contributed by atoms with van der Waals surface area (Å²) < 4.78 is 24.7. The zero-order valence-electron chi connectivity index (χ0n) is 14.1. The number of ether oxygens (including phenoxy) is 2. The molecule has 2 aromatic rings. The van der Waals surface area contributed by atoms with Crippen molar-refractivity contribution in [3.05, 3.63) is 57.9 Å². The number of hydrogen-bond acceptors (Lipinski definition) is 5. The summed E-state index contributed by atoms with van der Waals surface area (Å²) in [5.41, 5.74) is 0.714. The lowest BCUT2D eigenvalue weighted by molar-refractivity contribution is -0.386. The van der Waals surface area contributed by atoms with Crippen LogP contribution in [0.5, 0.6) is 11.5 Å². The summed E-state index contributed by atoms with van der Waals surface area (Å²) in [6.07, 6.45) is 1.66. The van der Waals surface area contributed by atoms with Crippen LogP contribution >= 0.6 is 0 Å². The zero-order chi connectivity index (χ0) is 18.0. The zero-order valence-corrected chi connectivity index (χ0v) is 14.1. The van der Waals surface area contributed by atoms with Gasteiger partial charge in [0.1, 0.15) is 17.2 Å². The number of halogens is 1. The number of para-hydroxylation sites is 1. The number of nitro benzene ring substituents is 1. The average Bonchev–Trinajstić information content (AvgIpc) is 3.09. The number of anilines is 1. The van der Waals surface area contributed by atoms with Crippen molar-refractivity contribution >= 4 is 11.4 Å². The van der Waals surface area contributed by atoms with Crippen LogP contribution in [0.2, 0.25) is 0 Å². The summed E-state index contributed by atoms with van der Waals surface area (Å²) in [6, 6.07) is 9.59. The van der Waals surface area contributed by atoms with Gasteiger partial charge in [0.05, 0.1) is 25.2 Å². The number of benzene rings is 2. The molecular weight excluding hydrogens is 327 g/mol. The molecular formula is C18H19FN2O4. The largest absolute Gasteiger partial charge is 0.497 e. The van der Waals surface area contributed by atoms with Gasteiger partial charge in [0.15, 0.2) is 0 Å². The van der Waals surface area contributed by atoms with Crippen molar-refractivity contribution in [1.82, 2.24) is 0 Å². The Kier molecular flexibility index (Phi) is 4.74. The van der Waals surface area contributed by atoms with E-state index < -0.39 is 16.4 Å². The second-order valence-corrected chi connectivity index (χ2v) is 5.82. The highest BCUT2D eigenvalue weighted by Gasteiger charge is 2.34. The van der Waals surface area contributed by atoms with Gasteiger partial charge >= 0.3 is 5.69 Å². The van der Waals surface area contributed by atoms with E-state index in [0.29, 0.717) is 23.7 Å². The Morgan fingerprint density at radius 1 is 1.24 bits per heavy atom. The highest BCUT2D eigenvalue weighted by Crippen LogP contribution is 2.44. The smallest absolute Gasteiger partial charge is 0.327 e. The molecule has 6 nitrogen and oxygen atoms in total. The lowest BCUT2D eigenvalue weighted by Gasteiger charge is -2.28. The Balaban J connectivity index is 2.05. The predicted molar refractivity (Wildman–Crippen MR) is 91.9 cm³/mol. The molecule has 1 aliphatic heterocycles. The van der Waals surface area contributed by atoms with Gasteiger partial charge in [0, 0.05) is 18.2 Å². The molecule has 0 aromatic heterocycles. The summed E-state index contributed by atoms with van der Waals surface area (Å²) in [4.78, 5) is 12.6. The van der Waals surface area contributed by atoms with Gasteiger partial charge in [0.2, 0.25) is 5.82 Å². The fourth-order valence-electron chi connectivity index (χ4n) is 3.39. The van der Waals surface area contributed by atoms with Crippen LogP contribution in [0, 0.1) is 15.9 Å². The molecule has 7 heteroatoms. The molecule has 132 valence electrons. The first-order chi connectivity index (χ1) is 12.1. The van der Waals surface area contributed by atoms with Crippen molar-refractivity contribution in [1.29, 1.82) is 0 Å². The molecule has 1 aliphatic rings. The summed E-state index contributed by atoms with van der Waals surface area (Å²) >= 11 is 0. The van der Waals surface area contributed by atoms with Crippen LogP contribution in [0.15, 0.2) is 36.4 Å². The second-order valence-electron chi connectivity index (χ2n) is 5.82. The molecule has 0 amide bonds. The van der Waals surface area contributed by atoms with Crippen LogP contribution in [-0.2, 0) is 0 Å². The first-order valence-corrected chi connectivity index (χ1v) is 7.98. The van der Waals surface area contributed by atoms with Crippen molar-refractivity contribution in [2.45, 2.75) is 18.9 Å². The van der Waals surface area contributed by atoms with Crippen LogP contribution in [0.3, 0.4) is 0 Å². The van der Waals surface area contributed by atoms with Crippen LogP contribution in [0.25, 0.3) is 0 Å². The third-order valence-electron chi connectivity index (χ3n) is 4.51. The minimum absolute atomic E-state index is 0.124. The Bertz CT molecular complexity index is 797. The van der Waals surface area contributed by atoms with E-state index in [9.17, 15) is 14.5 Å². The van der Waals surface area contributed by atoms with Gasteiger partial charge < -0.3 is 14.4 Å². The van der Waals surface area contributed by atoms with E-state index in [1.54, 1.807) is 26.4 Å². The van der Waals surface area contributed by atoms with Crippen LogP contribution < -0.4 is 14.4 Å². The Hall–Kier alpha value is -2.83. The molecule has 1 fully saturated rings. The van der Waals surface area contributed by atoms with Crippen molar-refractivity contribution in [3.63, 3.8) is 0 Å². The van der Waals surface area contributed by atoms with Gasteiger partial charge in [-0.15, -0.1) is 0 Å². The Morgan fingerprint density at radius 3 is 2.72 bits per heavy atom. The number of rotatable bonds is 5. The van der Waals surface area contributed by atoms with Crippen molar-refractivity contribution in [3.8, 4) is 11.5 Å². The normalized spacial score (nSPS) is 16.8. The highest BCUT2D eigenvalue weighted by atomic mass is 19.1. The maximum atomic E-state index is 14.0. The first-order valence-electron chi connectivity index (χ1n) is 7.98. The number of nitro groups is 1. The molecule has 0 bridgehead atoms. The van der Waals surface area contributed by atoms with Gasteiger partial charge in [-0.25, -0.2) is 0 Å². The van der Waals surface area contributed by atoms with E-state index >= 15 is 0 Å². The van der Waals surface area contributed by atoms with E-state index in [2.05, 4.69) is 0 Å². The maximum Gasteiger partial charge on any atom is 0.327 e. The van der Waals surface area contributed by atoms with Crippen LogP contribution in [-0.4, -0.2) is 25.7 Å². The van der Waals surface area contributed by atoms with Crippen molar-refractivity contribution in [2.24, 2.45) is 0 Å². The van der Waals surface area contributed by atoms with Crippen molar-refractivity contribution < 1.29 is 18.8 Å². The molecule has 0 radical (unpaired) electrons. The Labute approximate surface area is 144 Å². The average molecular weight is 346 g/mol. The molecule has 25 heavy (non-hydrogen) atoms. The van der Waals surface area contributed by atoms with E-state index in [1.807, 2.05) is 17.0 Å². The van der Waals surface area contributed by atoms with Gasteiger partial charge in [-0.1, -0.05) is 6.07 Å². The van der Waals surface area contributed by atoms with Crippen LogP contribution in [0.1, 0.15) is 24.4 Å². The number of nitrogens with zero attached hydrogens (tertiary/aromatic N) is 2. The van der Waals surface area contributed by atoms with E-state index in [-0.39, 0.29) is 6.04 Å². The third kappa shape index (κ3) is 3.09. The summed E-state index contributed by atoms with van der Waals surface area (Å²) in [6.45, 7) is 0.615. The lowest BCUT2D eigenvalue weighted by Crippen LogP contribution is -2.24. The molecule has 0 saturated carbocycles. The molecule has 1 atom stereocenters. The summed E-state index contributed by atoms with van der Waals surface area (Å²) in [5.74, 6) is 0.493. The predicted octanol–water partition coefficient (Wildman–Crippen LogP) is 4.09. The molecule has 1 heterocycles. The number of hydrogen-bond donors (Lipinski definition) is 0. The fraction of sp³-hybridized carbons (Fsp3) is 0.333. The standard InChI is InChI=1S/C18H19FN2O4/c1-24-12-8-9-13(17(11-12)25-2)15-7-4-10-20(15)16-6-3-5-14(19)18(16)21(22)23/h3,5-6,8-9,11,15H,4,7,10H2,1-2H3. The van der Waals surface area contributed by atoms with E-state index in [4.69, 9.17) is 9.47 Å². The first kappa shape index (κ1) is 17.0. The summed E-state index contributed by atoms with van der Waals surface area (Å²) in [5, 5.41) is 11.3. The molecule has 1 unspecified atom stereocenters. The van der Waals surface area contributed by atoms with Crippen LogP contribution in [0.4, 0.5) is 15.8 Å². The molecule has 3 rings (SSSR count). The summed E-state index contributed by atoms with van der Waals surface area (Å²) in [7, 11) is 3.15. The minimum atomic E-state index is -0.824. The van der Waals surface area contributed by atoms with Gasteiger partial charge in [-0.2, -0.15) is 4.39 Å². The van der Waals surface area contributed by atoms with Gasteiger partial charge in [-0.05, 0) is 37.1 Å². The second kappa shape index (κ2) is 6.96. The monoisotopic (exact) mass is 346 g/mol. The molecule has 2 aromatic carbocycles. The van der Waals surface area contributed by atoms with E-state index in [1.165, 1.54) is 6.07 Å². The minimum Gasteiger partial charge on any atom is -0.497 e. The third-order valence-corrected chi connectivity index (χ3v) is 4.51. The lowest BCUT2D eigenvalue weighted by atomic mass is 10.0. The van der Waals surface area contributed by atoms with E-state index in [0.717, 1.165) is 24.5 Å². The highest BCUT2D eigenvalue weighted by molar-refractivity contribution is 5.66. The SMILES string of the molecule is COc1ccc(C2CCCN2c2cccc(F)c2[N+](=O)[O-])c(OC)c1. The fourth-order valence-corrected chi connectivity index (χ4v) is 3.39. The number of methoxy groups -OCH3 is 2. The Morgan fingerprint density at radius 2 is 2.04 bits per heavy atom. The topological polar surface area (TPSA) is 64.8 Å². The molecule has 0 spiro atoms. The molecule has 0 N–H and O–H groups in total. The molecule has 1 saturated heterocycles. The molecule has 0 aliphatic carbocycles.